The quantitative estimate of drug-likeness (QED) is 0.0741. The van der Waals surface area contributed by atoms with Crippen LogP contribution in [0.15, 0.2) is 109 Å². The Morgan fingerprint density at radius 1 is 0.387 bits per heavy atom. The number of methoxy groups -OCH3 is 6. The first-order valence-corrected chi connectivity index (χ1v) is 26.6. The predicted octanol–water partition coefficient (Wildman–Crippen LogP) is 13.6. The first-order chi connectivity index (χ1) is 36.3. The lowest BCUT2D eigenvalue weighted by atomic mass is 10.1. The van der Waals surface area contributed by atoms with Gasteiger partial charge in [0, 0.05) is 34.3 Å². The number of hydrogen-bond acceptors (Lipinski definition) is 15. The monoisotopic (exact) mass is 1130 g/mol. The highest BCUT2D eigenvalue weighted by atomic mass is 35.5. The van der Waals surface area contributed by atoms with Gasteiger partial charge in [-0.1, -0.05) is 87.0 Å². The number of ether oxygens (including phenoxy) is 6. The van der Waals surface area contributed by atoms with Crippen molar-refractivity contribution in [1.82, 2.24) is 15.0 Å². The van der Waals surface area contributed by atoms with Gasteiger partial charge in [0.25, 0.3) is 0 Å². The summed E-state index contributed by atoms with van der Waals surface area (Å²) in [5, 5.41) is 12.2. The molecule has 0 aliphatic heterocycles. The van der Waals surface area contributed by atoms with Crippen LogP contribution in [-0.4, -0.2) is 75.3 Å². The number of aryl methyl sites for hydroxylation is 3. The van der Waals surface area contributed by atoms with Gasteiger partial charge in [0.2, 0.25) is 17.7 Å². The van der Waals surface area contributed by atoms with E-state index in [4.69, 9.17) is 63.2 Å². The normalized spacial score (nSPS) is 10.7. The number of amides is 3. The van der Waals surface area contributed by atoms with E-state index in [2.05, 4.69) is 30.9 Å². The highest BCUT2D eigenvalue weighted by molar-refractivity contribution is 7.23. The van der Waals surface area contributed by atoms with Crippen molar-refractivity contribution in [1.29, 1.82) is 0 Å². The second kappa shape index (κ2) is 27.0. The zero-order chi connectivity index (χ0) is 53.4. The average molecular weight is 1130 g/mol. The number of anilines is 3. The number of hydrogen-bond donors (Lipinski definition) is 3. The number of carbonyl (C=O) groups excluding carboxylic acids is 3. The zero-order valence-electron chi connectivity index (χ0n) is 41.5. The summed E-state index contributed by atoms with van der Waals surface area (Å²) in [6, 6.07) is 33.3. The second-order valence-corrected chi connectivity index (χ2v) is 20.5. The fourth-order valence-electron chi connectivity index (χ4n) is 7.28. The summed E-state index contributed by atoms with van der Waals surface area (Å²) in [5.41, 5.74) is 5.48. The molecule has 0 unspecified atom stereocenters. The maximum absolute atomic E-state index is 12.2. The van der Waals surface area contributed by atoms with E-state index in [0.717, 1.165) is 47.3 Å². The third-order valence-electron chi connectivity index (χ3n) is 11.1. The van der Waals surface area contributed by atoms with Crippen molar-refractivity contribution >= 4 is 133 Å². The van der Waals surface area contributed by atoms with Crippen LogP contribution in [0.1, 0.15) is 36.0 Å². The number of thiazole rings is 3. The van der Waals surface area contributed by atoms with Gasteiger partial charge in [-0.3, -0.25) is 14.4 Å². The Labute approximate surface area is 460 Å². The number of benzene rings is 6. The van der Waals surface area contributed by atoms with E-state index < -0.39 is 0 Å². The van der Waals surface area contributed by atoms with Gasteiger partial charge in [0.15, 0.2) is 49.9 Å². The van der Waals surface area contributed by atoms with Crippen molar-refractivity contribution in [3.05, 3.63) is 141 Å². The molecule has 0 fully saturated rings. The standard InChI is InChI=1S/3C18H17ClN2O3S/c3*1-23-14-7-3-11(9-15(14)24-2)4-8-17(22)21-18-20-13-6-5-12(19)10-16(13)25-18/h3*3,5-7,9-10H,4,8H2,1-2H3,(H,20,21,22). The molecule has 0 saturated heterocycles. The molecule has 0 atom stereocenters. The number of halogens is 3. The largest absolute Gasteiger partial charge is 0.493 e. The van der Waals surface area contributed by atoms with Crippen LogP contribution in [0.3, 0.4) is 0 Å². The van der Waals surface area contributed by atoms with Crippen molar-refractivity contribution < 1.29 is 42.8 Å². The Hall–Kier alpha value is -6.93. The van der Waals surface area contributed by atoms with Crippen LogP contribution in [0.2, 0.25) is 15.1 Å². The van der Waals surface area contributed by atoms with Gasteiger partial charge in [0.1, 0.15) is 0 Å². The van der Waals surface area contributed by atoms with Crippen LogP contribution in [0, 0.1) is 0 Å². The van der Waals surface area contributed by atoms with Crippen molar-refractivity contribution in [2.24, 2.45) is 0 Å². The van der Waals surface area contributed by atoms with Gasteiger partial charge in [-0.05, 0) is 127 Å². The van der Waals surface area contributed by atoms with Crippen molar-refractivity contribution in [2.75, 3.05) is 58.6 Å². The van der Waals surface area contributed by atoms with Crippen LogP contribution >= 0.6 is 68.8 Å². The predicted molar refractivity (Wildman–Crippen MR) is 303 cm³/mol. The lowest BCUT2D eigenvalue weighted by Crippen LogP contribution is -2.12. The molecule has 75 heavy (non-hydrogen) atoms. The summed E-state index contributed by atoms with van der Waals surface area (Å²) in [4.78, 5) is 49.7. The molecule has 3 heterocycles. The molecule has 3 amide bonds. The number of aromatic nitrogens is 3. The molecule has 0 bridgehead atoms. The molecule has 390 valence electrons. The van der Waals surface area contributed by atoms with E-state index >= 15 is 0 Å². The van der Waals surface area contributed by atoms with E-state index in [1.165, 1.54) is 34.0 Å². The number of fused-ring (bicyclic) bond motifs is 3. The van der Waals surface area contributed by atoms with Crippen LogP contribution in [0.25, 0.3) is 30.6 Å². The van der Waals surface area contributed by atoms with Crippen molar-refractivity contribution in [3.8, 4) is 34.5 Å². The van der Waals surface area contributed by atoms with E-state index in [1.54, 1.807) is 60.9 Å². The van der Waals surface area contributed by atoms with Gasteiger partial charge in [-0.25, -0.2) is 15.0 Å². The van der Waals surface area contributed by atoms with Gasteiger partial charge >= 0.3 is 0 Å². The molecule has 0 radical (unpaired) electrons. The summed E-state index contributed by atoms with van der Waals surface area (Å²) < 4.78 is 34.3. The van der Waals surface area contributed by atoms with Crippen LogP contribution in [0.5, 0.6) is 34.5 Å². The third kappa shape index (κ3) is 15.8. The molecular formula is C54H51Cl3N6O9S3. The summed E-state index contributed by atoms with van der Waals surface area (Å²) in [7, 11) is 9.55. The molecule has 0 aliphatic rings. The van der Waals surface area contributed by atoms with E-state index in [1.807, 2.05) is 91.0 Å². The minimum absolute atomic E-state index is 0.0834. The number of carbonyl (C=O) groups is 3. The lowest BCUT2D eigenvalue weighted by Gasteiger charge is -2.09. The van der Waals surface area contributed by atoms with Crippen LogP contribution in [0.4, 0.5) is 15.4 Å². The molecule has 6 aromatic carbocycles. The first kappa shape index (κ1) is 55.8. The van der Waals surface area contributed by atoms with E-state index in [0.29, 0.717) is 103 Å². The minimum Gasteiger partial charge on any atom is -0.493 e. The van der Waals surface area contributed by atoms with Crippen LogP contribution in [-0.2, 0) is 33.6 Å². The van der Waals surface area contributed by atoms with E-state index in [9.17, 15) is 14.4 Å². The molecule has 9 aromatic rings. The lowest BCUT2D eigenvalue weighted by molar-refractivity contribution is -0.117. The Morgan fingerprint density at radius 3 is 0.907 bits per heavy atom. The Balaban J connectivity index is 0.000000164. The topological polar surface area (TPSA) is 181 Å². The third-order valence-corrected chi connectivity index (χ3v) is 14.6. The fraction of sp³-hybridized carbons (Fsp3) is 0.222. The summed E-state index contributed by atoms with van der Waals surface area (Å²) >= 11 is 22.1. The zero-order valence-corrected chi connectivity index (χ0v) is 46.2. The SMILES string of the molecule is COc1ccc(CCC(=O)Nc2nc3ccc(Cl)cc3s2)cc1OC.COc1ccc(CCC(=O)Nc2nc3ccc(Cl)cc3s2)cc1OC.COc1ccc(CCC(=O)Nc2nc3ccc(Cl)cc3s2)cc1OC. The van der Waals surface area contributed by atoms with Gasteiger partial charge in [-0.2, -0.15) is 0 Å². The molecule has 0 aliphatic carbocycles. The summed E-state index contributed by atoms with van der Waals surface area (Å²) in [6.45, 7) is 0. The number of nitrogens with zero attached hydrogens (tertiary/aromatic N) is 3. The average Bonchev–Trinajstić information content (AvgIpc) is 4.14. The maximum Gasteiger partial charge on any atom is 0.226 e. The van der Waals surface area contributed by atoms with Gasteiger partial charge < -0.3 is 44.4 Å². The molecular weight excluding hydrogens is 1080 g/mol. The summed E-state index contributed by atoms with van der Waals surface area (Å²) in [6.07, 6.45) is 2.86. The first-order valence-electron chi connectivity index (χ1n) is 23.0. The molecule has 0 spiro atoms. The minimum atomic E-state index is -0.0834. The second-order valence-electron chi connectivity index (χ2n) is 16.1. The smallest absolute Gasteiger partial charge is 0.226 e. The van der Waals surface area contributed by atoms with Crippen LogP contribution < -0.4 is 44.4 Å². The highest BCUT2D eigenvalue weighted by Gasteiger charge is 2.14. The maximum atomic E-state index is 12.2. The molecule has 21 heteroatoms. The molecule has 3 N–H and O–H groups in total. The van der Waals surface area contributed by atoms with Gasteiger partial charge in [-0.15, -0.1) is 0 Å². The summed E-state index contributed by atoms with van der Waals surface area (Å²) in [5.74, 6) is 3.73. The Morgan fingerprint density at radius 2 is 0.653 bits per heavy atom. The Kier molecular flexibility index (Phi) is 20.1. The fourth-order valence-corrected chi connectivity index (χ4v) is 10.8. The molecule has 0 saturated carbocycles. The highest BCUT2D eigenvalue weighted by Crippen LogP contribution is 2.33. The van der Waals surface area contributed by atoms with E-state index in [-0.39, 0.29) is 17.7 Å². The Bertz CT molecular complexity index is 3090. The number of rotatable bonds is 18. The number of nitrogens with one attached hydrogen (secondary N) is 3. The van der Waals surface area contributed by atoms with Crippen molar-refractivity contribution in [2.45, 2.75) is 38.5 Å². The van der Waals surface area contributed by atoms with Gasteiger partial charge in [0.05, 0.1) is 73.3 Å². The molecule has 3 aromatic heterocycles. The molecule has 9 rings (SSSR count). The van der Waals surface area contributed by atoms with Crippen molar-refractivity contribution in [3.63, 3.8) is 0 Å². The molecule has 15 nitrogen and oxygen atoms in total.